The van der Waals surface area contributed by atoms with E-state index in [1.165, 1.54) is 23.8 Å². The number of aliphatic hydroxyl groups is 4. The van der Waals surface area contributed by atoms with Gasteiger partial charge in [-0.1, -0.05) is 36.4 Å². The second-order valence-corrected chi connectivity index (χ2v) is 28.0. The summed E-state index contributed by atoms with van der Waals surface area (Å²) in [4.78, 5) is 144. The summed E-state index contributed by atoms with van der Waals surface area (Å²) in [6.45, 7) is -2.67. The molecule has 4 aliphatic rings. The molecule has 7 rings (SSSR count). The molecule has 13 N–H and O–H groups in total. The molecular formula is C45H67N12O26P4S-3. The number of thioether (sulfide) groups is 1. The number of aromatic nitrogens is 6. The minimum absolute atomic E-state index is 0.00346. The summed E-state index contributed by atoms with van der Waals surface area (Å²) in [5.41, 5.74) is -0.384. The molecule has 0 radical (unpaired) electrons. The van der Waals surface area contributed by atoms with Crippen molar-refractivity contribution in [2.75, 3.05) is 50.9 Å². The number of anilines is 1. The predicted octanol–water partition coefficient (Wildman–Crippen LogP) is -5.13. The van der Waals surface area contributed by atoms with E-state index in [0.29, 0.717) is 61.4 Å². The fraction of sp³-hybridized carbons (Fsp3) is 0.667. The summed E-state index contributed by atoms with van der Waals surface area (Å²) in [7, 11) is -24.7. The number of nitrogen functional groups attached to an aromatic ring is 1. The van der Waals surface area contributed by atoms with Crippen LogP contribution in [-0.2, 0) is 76.9 Å². The molecule has 7 heterocycles. The van der Waals surface area contributed by atoms with Crippen molar-refractivity contribution in [3.05, 3.63) is 55.4 Å². The maximum atomic E-state index is 12.8. The first-order valence-corrected chi connectivity index (χ1v) is 34.2. The molecule has 0 bridgehead atoms. The highest BCUT2D eigenvalue weighted by molar-refractivity contribution is 8.00. The fourth-order valence-corrected chi connectivity index (χ4v) is 16.1. The molecule has 43 heteroatoms. The van der Waals surface area contributed by atoms with Crippen LogP contribution in [0.15, 0.2) is 33.0 Å². The van der Waals surface area contributed by atoms with Gasteiger partial charge in [0.05, 0.1) is 37.9 Å². The van der Waals surface area contributed by atoms with Gasteiger partial charge in [0.2, 0.25) is 29.0 Å². The van der Waals surface area contributed by atoms with Crippen molar-refractivity contribution in [2.45, 2.75) is 137 Å². The zero-order chi connectivity index (χ0) is 64.4. The number of imidazole rings is 1. The summed E-state index contributed by atoms with van der Waals surface area (Å²) >= 11 is 1.85. The van der Waals surface area contributed by atoms with Crippen LogP contribution in [0.25, 0.3) is 17.2 Å². The average Bonchev–Trinajstić information content (AvgIpc) is 1.78. The molecule has 3 aromatic rings. The number of phosphoric ester groups is 2. The number of nitrogens with two attached hydrogens (primary N) is 1. The average molecular weight is 1350 g/mol. The number of unbranched alkanes of at least 4 members (excludes halogenated alkanes) is 5. The maximum Gasteiger partial charge on any atom is 0.330 e. The molecule has 38 nitrogen and oxygen atoms in total. The molecule has 4 fully saturated rings. The number of aryl methyl sites for hydroxylation is 1. The second-order valence-electron chi connectivity index (χ2n) is 20.7. The number of urea groups is 1. The molecule has 3 aromatic heterocycles. The number of fused-ring (bicyclic) bond motifs is 2. The lowest BCUT2D eigenvalue weighted by molar-refractivity contribution is -0.793. The van der Waals surface area contributed by atoms with Gasteiger partial charge < -0.3 is 90.8 Å². The van der Waals surface area contributed by atoms with Gasteiger partial charge >= 0.3 is 17.4 Å². The molecule has 4 saturated heterocycles. The largest absolute Gasteiger partial charge is 0.756 e. The third-order valence-electron chi connectivity index (χ3n) is 14.1. The van der Waals surface area contributed by atoms with Gasteiger partial charge in [0.1, 0.15) is 37.1 Å². The smallest absolute Gasteiger partial charge is 0.330 e. The number of hydrogen-bond donors (Lipinski definition) is 12. The van der Waals surface area contributed by atoms with Crippen LogP contribution >= 0.6 is 43.1 Å². The lowest BCUT2D eigenvalue weighted by atomic mass is 10.0. The maximum absolute atomic E-state index is 12.8. The first kappa shape index (κ1) is 70.4. The normalized spacial score (nSPS) is 27.1. The molecule has 5 amide bonds. The molecule has 0 spiro atoms. The van der Waals surface area contributed by atoms with Crippen LogP contribution in [0.1, 0.15) is 88.8 Å². The SMILES string of the molecule is Cn1c[n+](C2(O)CO[C@H](COP(=O)([O-])OP(=O)([O-])OP(=O)([O-])OP(=O)([O-])OC[C@H]3O[C@@H](n4cc(/C=C/CNC(=O)CCCCCNC(=O)CCCCCNC(=O)CCCC[C@H]5SC[C@H]6NC(=O)N[C@H]65)c(=O)[nH]c4=O)C(O)[C@H]3O)C2O)c2nc(N)[nH]c(=O)c21. The van der Waals surface area contributed by atoms with Crippen molar-refractivity contribution in [2.24, 2.45) is 7.05 Å². The molecule has 0 aromatic carbocycles. The Labute approximate surface area is 502 Å². The van der Waals surface area contributed by atoms with Crippen LogP contribution in [-0.4, -0.2) is 161 Å². The third-order valence-corrected chi connectivity index (χ3v) is 21.4. The number of amides is 5. The Kier molecular flexibility index (Phi) is 24.3. The Morgan fingerprint density at radius 1 is 0.807 bits per heavy atom. The monoisotopic (exact) mass is 1350 g/mol. The highest BCUT2D eigenvalue weighted by Gasteiger charge is 2.54. The summed E-state index contributed by atoms with van der Waals surface area (Å²) in [6.07, 6.45) is 0.125. The number of carbonyl (C=O) groups is 4. The summed E-state index contributed by atoms with van der Waals surface area (Å²) in [6, 6.07) is 0.219. The van der Waals surface area contributed by atoms with E-state index in [2.05, 4.69) is 58.5 Å². The van der Waals surface area contributed by atoms with Crippen molar-refractivity contribution in [1.82, 2.24) is 50.7 Å². The molecule has 14 atom stereocenters. The number of aliphatic hydroxyl groups excluding tert-OH is 3. The van der Waals surface area contributed by atoms with Crippen LogP contribution in [0.5, 0.6) is 0 Å². The molecule has 7 unspecified atom stereocenters. The van der Waals surface area contributed by atoms with Crippen molar-refractivity contribution in [3.8, 4) is 0 Å². The van der Waals surface area contributed by atoms with Crippen molar-refractivity contribution >= 4 is 90.0 Å². The Morgan fingerprint density at radius 2 is 1.39 bits per heavy atom. The van der Waals surface area contributed by atoms with Gasteiger partial charge in [-0.25, -0.2) is 22.5 Å². The number of nitrogens with zero attached hydrogens (tertiary/aromatic N) is 4. The Bertz CT molecular complexity index is 3430. The first-order chi connectivity index (χ1) is 41.4. The van der Waals surface area contributed by atoms with Gasteiger partial charge in [0.25, 0.3) is 48.4 Å². The van der Waals surface area contributed by atoms with E-state index in [9.17, 15) is 91.8 Å². The van der Waals surface area contributed by atoms with Crippen molar-refractivity contribution < 1.29 is 113 Å². The Balaban J connectivity index is 0.749. The molecular weight excluding hydrogens is 1280 g/mol. The van der Waals surface area contributed by atoms with Crippen LogP contribution in [0.4, 0.5) is 10.7 Å². The topological polar surface area (TPSA) is 570 Å². The second kappa shape index (κ2) is 30.4. The van der Waals surface area contributed by atoms with Crippen LogP contribution < -0.4 is 73.3 Å². The van der Waals surface area contributed by atoms with E-state index in [1.807, 2.05) is 16.7 Å². The molecule has 4 aliphatic heterocycles. The fourth-order valence-electron chi connectivity index (χ4n) is 9.79. The number of nitrogens with one attached hydrogen (secondary N) is 7. The Hall–Kier alpha value is -5.08. The highest BCUT2D eigenvalue weighted by atomic mass is 32.2. The zero-order valence-electron chi connectivity index (χ0n) is 46.8. The standard InChI is InChI=1S/C45H70N12O26P4S/c1-55-24-57(38-34(55)40(65)53-42(46)52-38)45(68)23-77-28(37(45)63)21-79-85(71,72)82-87(75,76)83-86(73,74)81-84(69,70)78-20-27-35(61)36(62)41(80-27)56-19-25(39(64)54-44(56)67)11-10-18-49-31(59)14-5-3-8-16-47-30(58)13-4-2-9-17-48-32(60)15-7-6-12-29-33-26(22-88-29)50-43(66)51-33/h10-11,19,24,26-29,33,35-37,41,61-63,68H,2-9,12-18,20-23H2,1H3,(H12-,46,47,48,49,50,51,52,53,54,58,59,60,64,65,66,67,69,70,71,72,73,74,75,76)/p-3/b11-10+/t26-,27-,28-,29-,33-,35+,36?,37?,41-,45?/m1/s1. The van der Waals surface area contributed by atoms with Crippen LogP contribution in [0.3, 0.4) is 0 Å². The van der Waals surface area contributed by atoms with Crippen LogP contribution in [0, 0.1) is 0 Å². The van der Waals surface area contributed by atoms with Gasteiger partial charge in [-0.2, -0.15) is 16.3 Å². The van der Waals surface area contributed by atoms with Gasteiger partial charge in [-0.3, -0.25) is 61.3 Å². The first-order valence-electron chi connectivity index (χ1n) is 27.3. The van der Waals surface area contributed by atoms with Crippen LogP contribution in [0.2, 0.25) is 0 Å². The van der Waals surface area contributed by atoms with Gasteiger partial charge in [-0.05, 0) is 38.5 Å². The number of hydrogen-bond acceptors (Lipinski definition) is 29. The van der Waals surface area contributed by atoms with Crippen molar-refractivity contribution in [1.29, 1.82) is 0 Å². The number of rotatable bonds is 34. The van der Waals surface area contributed by atoms with E-state index in [4.69, 9.17) is 15.2 Å². The number of H-pyrrole nitrogens is 2. The van der Waals surface area contributed by atoms with Gasteiger partial charge in [0.15, 0.2) is 12.6 Å². The number of aromatic amines is 2. The number of carbonyl (C=O) groups excluding carboxylic acids is 4. The van der Waals surface area contributed by atoms with E-state index in [0.717, 1.165) is 54.9 Å². The van der Waals surface area contributed by atoms with E-state index in [1.54, 1.807) is 0 Å². The van der Waals surface area contributed by atoms with E-state index < -0.39 is 110 Å². The summed E-state index contributed by atoms with van der Waals surface area (Å²) in [5, 5.41) is 58.1. The zero-order valence-corrected chi connectivity index (χ0v) is 51.2. The minimum atomic E-state index is -6.75. The highest BCUT2D eigenvalue weighted by Crippen LogP contribution is 2.67. The molecule has 0 saturated carbocycles. The van der Waals surface area contributed by atoms with Gasteiger partial charge in [0, 0.05) is 56.1 Å². The number of ether oxygens (including phenoxy) is 2. The van der Waals surface area contributed by atoms with Crippen molar-refractivity contribution in [3.63, 3.8) is 0 Å². The lowest BCUT2D eigenvalue weighted by Crippen LogP contribution is -2.63. The molecule has 492 valence electrons. The third kappa shape index (κ3) is 19.2. The predicted molar refractivity (Wildman–Crippen MR) is 294 cm³/mol. The van der Waals surface area contributed by atoms with E-state index >= 15 is 0 Å². The summed E-state index contributed by atoms with van der Waals surface area (Å²) in [5.74, 6) is 0.0728. The number of phosphoric acid groups is 4. The molecule has 88 heavy (non-hydrogen) atoms. The molecule has 0 aliphatic carbocycles. The van der Waals surface area contributed by atoms with E-state index in [-0.39, 0.29) is 71.5 Å². The summed E-state index contributed by atoms with van der Waals surface area (Å²) < 4.78 is 82.5. The minimum Gasteiger partial charge on any atom is -0.756 e. The van der Waals surface area contributed by atoms with Gasteiger partial charge in [-0.15, -0.1) is 0 Å². The quantitative estimate of drug-likeness (QED) is 0.0115. The lowest BCUT2D eigenvalue weighted by Gasteiger charge is -2.36. The Morgan fingerprint density at radius 3 is 2.01 bits per heavy atom.